The van der Waals surface area contributed by atoms with Crippen LogP contribution in [-0.2, 0) is 14.3 Å². The molecule has 3 heteroatoms. The van der Waals surface area contributed by atoms with Crippen LogP contribution in [0.2, 0.25) is 0 Å². The van der Waals surface area contributed by atoms with E-state index >= 15 is 0 Å². The molecule has 1 saturated heterocycles. The molecule has 0 bridgehead atoms. The lowest BCUT2D eigenvalue weighted by Crippen LogP contribution is -2.32. The summed E-state index contributed by atoms with van der Waals surface area (Å²) in [6, 6.07) is 0. The second kappa shape index (κ2) is 2.88. The smallest absolute Gasteiger partial charge is 0.307 e. The fourth-order valence-corrected chi connectivity index (χ4v) is 1.48. The Morgan fingerprint density at radius 1 is 1.67 bits per heavy atom. The Kier molecular flexibility index (Phi) is 2.22. The minimum Gasteiger partial charge on any atom is -0.454 e. The van der Waals surface area contributed by atoms with Gasteiger partial charge in [0.25, 0.3) is 0 Å². The quantitative estimate of drug-likeness (QED) is 0.587. The zero-order valence-electron chi connectivity index (χ0n) is 7.72. The first-order chi connectivity index (χ1) is 5.47. The average Bonchev–Trinajstić information content (AvgIpc) is 2.23. The maximum atomic E-state index is 11.3. The van der Waals surface area contributed by atoms with E-state index in [4.69, 9.17) is 4.74 Å². The van der Waals surface area contributed by atoms with E-state index in [1.54, 1.807) is 6.92 Å². The van der Waals surface area contributed by atoms with Crippen LogP contribution in [0.1, 0.15) is 33.6 Å². The molecule has 1 aliphatic heterocycles. The number of cyclic esters (lactones) is 1. The van der Waals surface area contributed by atoms with Crippen molar-refractivity contribution in [2.75, 3.05) is 0 Å². The van der Waals surface area contributed by atoms with Gasteiger partial charge in [0.05, 0.1) is 6.42 Å². The van der Waals surface area contributed by atoms with Crippen molar-refractivity contribution in [3.63, 3.8) is 0 Å². The van der Waals surface area contributed by atoms with Gasteiger partial charge in [0.1, 0.15) is 0 Å². The lowest BCUT2D eigenvalue weighted by molar-refractivity contribution is -0.148. The van der Waals surface area contributed by atoms with Crippen molar-refractivity contribution in [2.45, 2.75) is 39.7 Å². The molecule has 0 amide bonds. The summed E-state index contributed by atoms with van der Waals surface area (Å²) in [5.41, 5.74) is -0.315. The number of hydrogen-bond donors (Lipinski definition) is 0. The molecule has 0 aromatic carbocycles. The Morgan fingerprint density at radius 3 is 2.58 bits per heavy atom. The van der Waals surface area contributed by atoms with Crippen LogP contribution in [0.4, 0.5) is 0 Å². The summed E-state index contributed by atoms with van der Waals surface area (Å²) in [4.78, 5) is 22.2. The van der Waals surface area contributed by atoms with E-state index in [0.717, 1.165) is 0 Å². The molecule has 1 rings (SSSR count). The van der Waals surface area contributed by atoms with E-state index in [1.807, 2.05) is 13.8 Å². The first-order valence-electron chi connectivity index (χ1n) is 4.19. The molecule has 0 aromatic heterocycles. The normalized spacial score (nSPS) is 26.9. The van der Waals surface area contributed by atoms with Crippen LogP contribution in [0.5, 0.6) is 0 Å². The number of esters is 1. The summed E-state index contributed by atoms with van der Waals surface area (Å²) in [5, 5.41) is 0. The summed E-state index contributed by atoms with van der Waals surface area (Å²) in [6.45, 7) is 5.55. The highest BCUT2D eigenvalue weighted by molar-refractivity contribution is 5.89. The molecular formula is C9H14O3. The van der Waals surface area contributed by atoms with Crippen LogP contribution in [0.25, 0.3) is 0 Å². The van der Waals surface area contributed by atoms with Gasteiger partial charge < -0.3 is 4.74 Å². The second-order valence-corrected chi connectivity index (χ2v) is 3.86. The first-order valence-corrected chi connectivity index (χ1v) is 4.19. The molecule has 0 saturated carbocycles. The van der Waals surface area contributed by atoms with Gasteiger partial charge in [-0.3, -0.25) is 9.59 Å². The fraction of sp³-hybridized carbons (Fsp3) is 0.778. The molecule has 12 heavy (non-hydrogen) atoms. The highest BCUT2D eigenvalue weighted by Gasteiger charge is 2.45. The van der Waals surface area contributed by atoms with Crippen molar-refractivity contribution >= 4 is 11.8 Å². The number of ketones is 1. The van der Waals surface area contributed by atoms with Crippen LogP contribution in [-0.4, -0.2) is 17.9 Å². The van der Waals surface area contributed by atoms with Gasteiger partial charge in [0, 0.05) is 11.8 Å². The molecule has 0 spiro atoms. The van der Waals surface area contributed by atoms with Crippen molar-refractivity contribution < 1.29 is 14.3 Å². The predicted octanol–water partition coefficient (Wildman–Crippen LogP) is 1.31. The maximum Gasteiger partial charge on any atom is 0.307 e. The predicted molar refractivity (Wildman–Crippen MR) is 43.6 cm³/mol. The molecule has 0 aliphatic carbocycles. The monoisotopic (exact) mass is 170 g/mol. The summed E-state index contributed by atoms with van der Waals surface area (Å²) in [6.07, 6.45) is 0.264. The van der Waals surface area contributed by atoms with E-state index in [9.17, 15) is 9.59 Å². The standard InChI is InChI=1S/C9H14O3/c1-4-6(10)8-9(2,3)5-7(11)12-8/h8H,4-5H2,1-3H3. The van der Waals surface area contributed by atoms with E-state index in [-0.39, 0.29) is 17.2 Å². The van der Waals surface area contributed by atoms with E-state index in [2.05, 4.69) is 0 Å². The fourth-order valence-electron chi connectivity index (χ4n) is 1.48. The van der Waals surface area contributed by atoms with Gasteiger partial charge in [-0.05, 0) is 0 Å². The Hall–Kier alpha value is -0.860. The number of hydrogen-bond acceptors (Lipinski definition) is 3. The van der Waals surface area contributed by atoms with E-state index in [1.165, 1.54) is 0 Å². The number of rotatable bonds is 2. The molecule has 1 unspecified atom stereocenters. The van der Waals surface area contributed by atoms with E-state index in [0.29, 0.717) is 12.8 Å². The minimum absolute atomic E-state index is 0.0193. The van der Waals surface area contributed by atoms with Gasteiger partial charge in [0.2, 0.25) is 0 Å². The number of Topliss-reactive ketones (excluding diaryl/α,β-unsaturated/α-hetero) is 1. The molecule has 0 radical (unpaired) electrons. The largest absolute Gasteiger partial charge is 0.454 e. The summed E-state index contributed by atoms with van der Waals surface area (Å²) >= 11 is 0. The molecule has 1 aliphatic rings. The molecule has 68 valence electrons. The van der Waals surface area contributed by atoms with Crippen LogP contribution in [0, 0.1) is 5.41 Å². The van der Waals surface area contributed by atoms with Gasteiger partial charge in [-0.15, -0.1) is 0 Å². The van der Waals surface area contributed by atoms with Crippen molar-refractivity contribution in [1.82, 2.24) is 0 Å². The zero-order chi connectivity index (χ0) is 9.35. The molecule has 0 N–H and O–H groups in total. The maximum absolute atomic E-state index is 11.3. The van der Waals surface area contributed by atoms with Crippen LogP contribution in [0.15, 0.2) is 0 Å². The zero-order valence-corrected chi connectivity index (χ0v) is 7.72. The third-order valence-electron chi connectivity index (χ3n) is 2.20. The van der Waals surface area contributed by atoms with Crippen molar-refractivity contribution in [1.29, 1.82) is 0 Å². The SMILES string of the molecule is CCC(=O)C1OC(=O)CC1(C)C. The first kappa shape index (κ1) is 9.23. The Bertz CT molecular complexity index is 218. The summed E-state index contributed by atoms with van der Waals surface area (Å²) < 4.78 is 4.94. The third kappa shape index (κ3) is 1.49. The lowest BCUT2D eigenvalue weighted by Gasteiger charge is -2.21. The molecule has 1 fully saturated rings. The molecule has 1 heterocycles. The second-order valence-electron chi connectivity index (χ2n) is 3.86. The van der Waals surface area contributed by atoms with Crippen molar-refractivity contribution in [3.8, 4) is 0 Å². The third-order valence-corrected chi connectivity index (χ3v) is 2.20. The van der Waals surface area contributed by atoms with Crippen LogP contribution in [0.3, 0.4) is 0 Å². The molecular weight excluding hydrogens is 156 g/mol. The highest BCUT2D eigenvalue weighted by Crippen LogP contribution is 2.35. The van der Waals surface area contributed by atoms with Gasteiger partial charge in [-0.25, -0.2) is 0 Å². The molecule has 1 atom stereocenters. The average molecular weight is 170 g/mol. The van der Waals surface area contributed by atoms with Crippen LogP contribution >= 0.6 is 0 Å². The number of carbonyl (C=O) groups excluding carboxylic acids is 2. The minimum atomic E-state index is -0.519. The topological polar surface area (TPSA) is 43.4 Å². The van der Waals surface area contributed by atoms with Crippen molar-refractivity contribution in [3.05, 3.63) is 0 Å². The van der Waals surface area contributed by atoms with E-state index < -0.39 is 6.10 Å². The van der Waals surface area contributed by atoms with Gasteiger partial charge >= 0.3 is 5.97 Å². The molecule has 0 aromatic rings. The Labute approximate surface area is 72.1 Å². The Morgan fingerprint density at radius 2 is 2.25 bits per heavy atom. The Balaban J connectivity index is 2.78. The number of ether oxygens (including phenoxy) is 1. The summed E-state index contributed by atoms with van der Waals surface area (Å²) in [5.74, 6) is -0.238. The summed E-state index contributed by atoms with van der Waals surface area (Å²) in [7, 11) is 0. The van der Waals surface area contributed by atoms with Gasteiger partial charge in [0.15, 0.2) is 11.9 Å². The highest BCUT2D eigenvalue weighted by atomic mass is 16.6. The van der Waals surface area contributed by atoms with Gasteiger partial charge in [-0.1, -0.05) is 20.8 Å². The van der Waals surface area contributed by atoms with Gasteiger partial charge in [-0.2, -0.15) is 0 Å². The van der Waals surface area contributed by atoms with Crippen LogP contribution < -0.4 is 0 Å². The van der Waals surface area contributed by atoms with Crippen molar-refractivity contribution in [2.24, 2.45) is 5.41 Å². The number of carbonyl (C=O) groups is 2. The lowest BCUT2D eigenvalue weighted by atomic mass is 9.83. The molecule has 3 nitrogen and oxygen atoms in total.